The van der Waals surface area contributed by atoms with Crippen molar-refractivity contribution in [2.75, 3.05) is 18.0 Å². The molecule has 2 rings (SSSR count). The fourth-order valence-electron chi connectivity index (χ4n) is 4.43. The molecule has 0 heterocycles. The highest BCUT2D eigenvalue weighted by molar-refractivity contribution is 5.72. The molecule has 0 radical (unpaired) electrons. The Hall–Kier alpha value is -3.13. The van der Waals surface area contributed by atoms with Gasteiger partial charge >= 0.3 is 0 Å². The van der Waals surface area contributed by atoms with E-state index < -0.39 is 4.92 Å². The summed E-state index contributed by atoms with van der Waals surface area (Å²) in [5.41, 5.74) is 3.03. The maximum atomic E-state index is 11.0. The van der Waals surface area contributed by atoms with E-state index in [4.69, 9.17) is 0 Å². The maximum Gasteiger partial charge on any atom is 0.287 e. The first-order chi connectivity index (χ1) is 17.6. The number of hydrogen-bond donors (Lipinski definition) is 0. The van der Waals surface area contributed by atoms with Crippen molar-refractivity contribution in [2.24, 2.45) is 0 Å². The van der Waals surface area contributed by atoms with Crippen LogP contribution in [-0.4, -0.2) is 18.0 Å². The van der Waals surface area contributed by atoms with Crippen molar-refractivity contribution in [3.8, 4) is 6.07 Å². The number of hydrogen-bond acceptors (Lipinski definition) is 4. The van der Waals surface area contributed by atoms with Crippen LogP contribution in [0.3, 0.4) is 0 Å². The van der Waals surface area contributed by atoms with Gasteiger partial charge < -0.3 is 4.90 Å². The monoisotopic (exact) mass is 489 g/mol. The highest BCUT2D eigenvalue weighted by Crippen LogP contribution is 2.22. The van der Waals surface area contributed by atoms with Crippen molar-refractivity contribution in [1.29, 1.82) is 5.26 Å². The second-order valence-electron chi connectivity index (χ2n) is 9.59. The Morgan fingerprint density at radius 2 is 1.28 bits per heavy atom. The summed E-state index contributed by atoms with van der Waals surface area (Å²) in [5, 5.41) is 20.2. The molecule has 0 aliphatic carbocycles. The average molecular weight is 490 g/mol. The van der Waals surface area contributed by atoms with Gasteiger partial charge in [-0.1, -0.05) is 102 Å². The minimum Gasteiger partial charge on any atom is -0.372 e. The smallest absolute Gasteiger partial charge is 0.287 e. The molecule has 0 N–H and O–H groups in total. The van der Waals surface area contributed by atoms with Gasteiger partial charge in [-0.25, -0.2) is 0 Å². The quantitative estimate of drug-likeness (QED) is 0.0905. The molecule has 0 aliphatic rings. The van der Waals surface area contributed by atoms with Gasteiger partial charge in [0, 0.05) is 24.8 Å². The molecule has 5 nitrogen and oxygen atoms in total. The van der Waals surface area contributed by atoms with Crippen LogP contribution in [0.5, 0.6) is 0 Å². The third kappa shape index (κ3) is 10.6. The molecule has 0 amide bonds. The van der Waals surface area contributed by atoms with Gasteiger partial charge in [-0.3, -0.25) is 10.1 Å². The molecule has 0 aromatic heterocycles. The first kappa shape index (κ1) is 29.1. The number of nitro benzene ring substituents is 1. The second-order valence-corrected chi connectivity index (χ2v) is 9.59. The molecule has 0 atom stereocenters. The summed E-state index contributed by atoms with van der Waals surface area (Å²) in [7, 11) is 0. The lowest BCUT2D eigenvalue weighted by Gasteiger charge is -2.25. The lowest BCUT2D eigenvalue weighted by molar-refractivity contribution is -0.385. The van der Waals surface area contributed by atoms with E-state index in [1.165, 1.54) is 88.8 Å². The highest BCUT2D eigenvalue weighted by atomic mass is 16.6. The van der Waals surface area contributed by atoms with Gasteiger partial charge in [0.1, 0.15) is 11.6 Å². The van der Waals surface area contributed by atoms with E-state index in [1.54, 1.807) is 12.1 Å². The Kier molecular flexibility index (Phi) is 14.0. The van der Waals surface area contributed by atoms with Crippen LogP contribution in [0.15, 0.2) is 42.5 Å². The fourth-order valence-corrected chi connectivity index (χ4v) is 4.43. The Bertz CT molecular complexity index is 960. The zero-order chi connectivity index (χ0) is 26.0. The third-order valence-electron chi connectivity index (χ3n) is 6.63. The van der Waals surface area contributed by atoms with Crippen molar-refractivity contribution in [1.82, 2.24) is 0 Å². The van der Waals surface area contributed by atoms with Gasteiger partial charge in [0.2, 0.25) is 0 Å². The zero-order valence-electron chi connectivity index (χ0n) is 22.3. The largest absolute Gasteiger partial charge is 0.372 e. The third-order valence-corrected chi connectivity index (χ3v) is 6.63. The molecule has 36 heavy (non-hydrogen) atoms. The van der Waals surface area contributed by atoms with E-state index in [1.807, 2.05) is 18.2 Å². The van der Waals surface area contributed by atoms with Gasteiger partial charge in [-0.05, 0) is 48.2 Å². The molecule has 0 unspecified atom stereocenters. The second kappa shape index (κ2) is 17.3. The SMILES string of the molecule is CCCCCCCCN(CCCCCCCC)c1ccc(C=Cc2ccc([N+](=O)[O-])c(C#N)c2)cc1. The van der Waals surface area contributed by atoms with Gasteiger partial charge in [0.15, 0.2) is 0 Å². The van der Waals surface area contributed by atoms with Gasteiger partial charge in [-0.2, -0.15) is 5.26 Å². The normalized spacial score (nSPS) is 11.0. The lowest BCUT2D eigenvalue weighted by Crippen LogP contribution is -2.25. The van der Waals surface area contributed by atoms with E-state index in [0.717, 1.165) is 24.2 Å². The Balaban J connectivity index is 1.99. The van der Waals surface area contributed by atoms with E-state index in [0.29, 0.717) is 0 Å². The predicted octanol–water partition coefficient (Wildman–Crippen LogP) is 9.16. The number of benzene rings is 2. The van der Waals surface area contributed by atoms with Crippen molar-refractivity contribution < 1.29 is 4.92 Å². The molecule has 5 heteroatoms. The molecular formula is C31H43N3O2. The Morgan fingerprint density at radius 3 is 1.81 bits per heavy atom. The Morgan fingerprint density at radius 1 is 0.778 bits per heavy atom. The standard InChI is InChI=1S/C31H43N3O2/c1-3-5-7-9-11-13-23-33(24-14-12-10-8-6-4-2)30-20-17-27(18-21-30)15-16-28-19-22-31(34(35)36)29(25-28)26-32/h15-22,25H,3-14,23-24H2,1-2H3. The number of rotatable bonds is 18. The van der Waals surface area contributed by atoms with Gasteiger partial charge in [0.25, 0.3) is 5.69 Å². The van der Waals surface area contributed by atoms with E-state index in [2.05, 4.69) is 43.0 Å². The summed E-state index contributed by atoms with van der Waals surface area (Å²) in [6.45, 7) is 6.74. The summed E-state index contributed by atoms with van der Waals surface area (Å²) in [6, 6.07) is 15.2. The van der Waals surface area contributed by atoms with Gasteiger partial charge in [-0.15, -0.1) is 0 Å². The molecule has 194 valence electrons. The summed E-state index contributed by atoms with van der Waals surface area (Å²) in [6.07, 6.45) is 19.6. The van der Waals surface area contributed by atoms with E-state index >= 15 is 0 Å². The van der Waals surface area contributed by atoms with Crippen molar-refractivity contribution in [3.05, 3.63) is 69.3 Å². The molecule has 0 fully saturated rings. The molecule has 0 saturated heterocycles. The topological polar surface area (TPSA) is 70.2 Å². The minimum atomic E-state index is -0.521. The van der Waals surface area contributed by atoms with Gasteiger partial charge in [0.05, 0.1) is 4.92 Å². The summed E-state index contributed by atoms with van der Waals surface area (Å²) < 4.78 is 0. The van der Waals surface area contributed by atoms with E-state index in [-0.39, 0.29) is 11.3 Å². The van der Waals surface area contributed by atoms with Crippen LogP contribution in [0.25, 0.3) is 12.2 Å². The van der Waals surface area contributed by atoms with Crippen molar-refractivity contribution in [2.45, 2.75) is 90.9 Å². The number of anilines is 1. The average Bonchev–Trinajstić information content (AvgIpc) is 2.90. The molecule has 0 aliphatic heterocycles. The number of nitriles is 1. The predicted molar refractivity (Wildman–Crippen MR) is 152 cm³/mol. The van der Waals surface area contributed by atoms with Crippen molar-refractivity contribution in [3.63, 3.8) is 0 Å². The van der Waals surface area contributed by atoms with Crippen molar-refractivity contribution >= 4 is 23.5 Å². The number of nitrogens with zero attached hydrogens (tertiary/aromatic N) is 3. The highest BCUT2D eigenvalue weighted by Gasteiger charge is 2.12. The van der Waals surface area contributed by atoms with Crippen LogP contribution >= 0.6 is 0 Å². The van der Waals surface area contributed by atoms with E-state index in [9.17, 15) is 15.4 Å². The first-order valence-corrected chi connectivity index (χ1v) is 13.8. The van der Waals surface area contributed by atoms with Crippen LogP contribution in [-0.2, 0) is 0 Å². The fraction of sp³-hybridized carbons (Fsp3) is 0.516. The Labute approximate surface area is 218 Å². The number of unbranched alkanes of at least 4 members (excludes halogenated alkanes) is 10. The summed E-state index contributed by atoms with van der Waals surface area (Å²) in [4.78, 5) is 13.1. The van der Waals surface area contributed by atoms with Crippen LogP contribution in [0.2, 0.25) is 0 Å². The summed E-state index contributed by atoms with van der Waals surface area (Å²) in [5.74, 6) is 0. The lowest BCUT2D eigenvalue weighted by atomic mass is 10.1. The van der Waals surface area contributed by atoms with Crippen LogP contribution in [0.1, 0.15) is 108 Å². The molecule has 2 aromatic rings. The molecule has 0 spiro atoms. The molecule has 0 bridgehead atoms. The van der Waals surface area contributed by atoms with Crippen LogP contribution in [0.4, 0.5) is 11.4 Å². The molecular weight excluding hydrogens is 446 g/mol. The van der Waals surface area contributed by atoms with Crippen LogP contribution < -0.4 is 4.90 Å². The maximum absolute atomic E-state index is 11.0. The number of nitro groups is 1. The first-order valence-electron chi connectivity index (χ1n) is 13.8. The summed E-state index contributed by atoms with van der Waals surface area (Å²) >= 11 is 0. The zero-order valence-corrected chi connectivity index (χ0v) is 22.3. The van der Waals surface area contributed by atoms with Crippen LogP contribution in [0, 0.1) is 21.4 Å². The molecule has 0 saturated carbocycles. The minimum absolute atomic E-state index is 0.0810. The molecule has 2 aromatic carbocycles.